The molecule has 1 aromatic heterocycles. The maximum absolute atomic E-state index is 12.1. The molecule has 2 rings (SSSR count). The van der Waals surface area contributed by atoms with E-state index < -0.39 is 0 Å². The van der Waals surface area contributed by atoms with Crippen LogP contribution in [0.5, 0.6) is 0 Å². The monoisotopic (exact) mass is 342 g/mol. The van der Waals surface area contributed by atoms with Crippen LogP contribution in [-0.4, -0.2) is 18.0 Å². The minimum absolute atomic E-state index is 0.229. The van der Waals surface area contributed by atoms with Crippen LogP contribution in [0.4, 0.5) is 4.79 Å². The summed E-state index contributed by atoms with van der Waals surface area (Å²) in [6.45, 7) is 10.4. The first-order chi connectivity index (χ1) is 11.4. The van der Waals surface area contributed by atoms with Crippen molar-refractivity contribution >= 4 is 17.8 Å². The quantitative estimate of drug-likeness (QED) is 0.794. The van der Waals surface area contributed by atoms with E-state index in [1.165, 1.54) is 27.8 Å². The van der Waals surface area contributed by atoms with Gasteiger partial charge in [0, 0.05) is 13.5 Å². The van der Waals surface area contributed by atoms with E-state index in [-0.39, 0.29) is 6.03 Å². The second-order valence-electron chi connectivity index (χ2n) is 5.60. The second-order valence-corrected chi connectivity index (χ2v) is 6.87. The summed E-state index contributed by atoms with van der Waals surface area (Å²) in [5.41, 5.74) is 2.42. The van der Waals surface area contributed by atoms with Crippen LogP contribution >= 0.6 is 11.8 Å². The SMILES string of the molecule is C=C(Cc1cccc(C)c1)SC(=C)NC(=O)N(C)Cc1ccco1. The summed E-state index contributed by atoms with van der Waals surface area (Å²) >= 11 is 1.38. The maximum atomic E-state index is 12.1. The molecule has 0 saturated heterocycles. The molecule has 5 heteroatoms. The Morgan fingerprint density at radius 1 is 1.29 bits per heavy atom. The molecule has 1 N–H and O–H groups in total. The van der Waals surface area contributed by atoms with Crippen molar-refractivity contribution in [1.29, 1.82) is 0 Å². The zero-order valence-electron chi connectivity index (χ0n) is 14.0. The highest BCUT2D eigenvalue weighted by atomic mass is 32.2. The molecule has 2 aromatic rings. The van der Waals surface area contributed by atoms with E-state index >= 15 is 0 Å². The molecule has 1 heterocycles. The van der Waals surface area contributed by atoms with Gasteiger partial charge in [0.15, 0.2) is 0 Å². The van der Waals surface area contributed by atoms with Crippen LogP contribution in [0.25, 0.3) is 0 Å². The Hall–Kier alpha value is -2.40. The third-order valence-corrected chi connectivity index (χ3v) is 4.10. The van der Waals surface area contributed by atoms with Crippen molar-refractivity contribution in [1.82, 2.24) is 10.2 Å². The van der Waals surface area contributed by atoms with Crippen molar-refractivity contribution < 1.29 is 9.21 Å². The van der Waals surface area contributed by atoms with Gasteiger partial charge in [-0.05, 0) is 29.5 Å². The highest BCUT2D eigenvalue weighted by Crippen LogP contribution is 2.24. The van der Waals surface area contributed by atoms with E-state index in [1.807, 2.05) is 12.1 Å². The number of amides is 2. The number of furan rings is 1. The van der Waals surface area contributed by atoms with E-state index in [0.717, 1.165) is 17.1 Å². The van der Waals surface area contributed by atoms with Crippen LogP contribution in [-0.2, 0) is 13.0 Å². The molecule has 24 heavy (non-hydrogen) atoms. The van der Waals surface area contributed by atoms with E-state index in [0.29, 0.717) is 11.6 Å². The first-order valence-electron chi connectivity index (χ1n) is 7.58. The number of urea groups is 1. The molecule has 126 valence electrons. The lowest BCUT2D eigenvalue weighted by molar-refractivity contribution is 0.206. The Labute approximate surface area is 147 Å². The minimum atomic E-state index is -0.229. The van der Waals surface area contributed by atoms with Gasteiger partial charge < -0.3 is 14.6 Å². The first-order valence-corrected chi connectivity index (χ1v) is 8.40. The Morgan fingerprint density at radius 3 is 2.75 bits per heavy atom. The van der Waals surface area contributed by atoms with E-state index in [9.17, 15) is 4.79 Å². The normalized spacial score (nSPS) is 10.2. The van der Waals surface area contributed by atoms with Crippen LogP contribution in [0, 0.1) is 6.92 Å². The molecule has 0 unspecified atom stereocenters. The molecular weight excluding hydrogens is 320 g/mol. The van der Waals surface area contributed by atoms with Crippen molar-refractivity contribution in [2.24, 2.45) is 0 Å². The standard InChI is InChI=1S/C19H22N2O2S/c1-14-7-5-8-17(11-14)12-15(2)24-16(3)20-19(22)21(4)13-18-9-6-10-23-18/h5-11H,2-3,12-13H2,1,4H3,(H,20,22). The number of allylic oxidation sites excluding steroid dienone is 1. The van der Waals surface area contributed by atoms with Crippen LogP contribution in [0.3, 0.4) is 0 Å². The predicted molar refractivity (Wildman–Crippen MR) is 99.5 cm³/mol. The molecule has 0 aliphatic heterocycles. The summed E-state index contributed by atoms with van der Waals surface area (Å²) in [4.78, 5) is 14.6. The molecule has 1 aromatic carbocycles. The van der Waals surface area contributed by atoms with Crippen molar-refractivity contribution in [2.75, 3.05) is 7.05 Å². The number of benzene rings is 1. The molecule has 0 aliphatic rings. The third-order valence-electron chi connectivity index (χ3n) is 3.32. The molecule has 4 nitrogen and oxygen atoms in total. The largest absolute Gasteiger partial charge is 0.467 e. The molecule has 0 saturated carbocycles. The Bertz CT molecular complexity index is 723. The average Bonchev–Trinajstić information content (AvgIpc) is 2.99. The topological polar surface area (TPSA) is 45.5 Å². The van der Waals surface area contributed by atoms with Crippen molar-refractivity contribution in [3.8, 4) is 0 Å². The van der Waals surface area contributed by atoms with Gasteiger partial charge in [0.2, 0.25) is 0 Å². The molecule has 0 atom stereocenters. The van der Waals surface area contributed by atoms with Gasteiger partial charge in [-0.15, -0.1) is 0 Å². The van der Waals surface area contributed by atoms with Gasteiger partial charge >= 0.3 is 6.03 Å². The number of rotatable bonds is 7. The fraction of sp³-hybridized carbons (Fsp3) is 0.211. The summed E-state index contributed by atoms with van der Waals surface area (Å²) < 4.78 is 5.24. The summed E-state index contributed by atoms with van der Waals surface area (Å²) in [5, 5.41) is 3.33. The lowest BCUT2D eigenvalue weighted by Gasteiger charge is -2.18. The zero-order valence-corrected chi connectivity index (χ0v) is 14.9. The van der Waals surface area contributed by atoms with Gasteiger partial charge in [-0.3, -0.25) is 0 Å². The van der Waals surface area contributed by atoms with Crippen LogP contribution in [0.1, 0.15) is 16.9 Å². The Balaban J connectivity index is 1.79. The molecular formula is C19H22N2O2S. The number of hydrogen-bond donors (Lipinski definition) is 1. The summed E-state index contributed by atoms with van der Waals surface area (Å²) in [7, 11) is 1.71. The average molecular weight is 342 g/mol. The predicted octanol–water partition coefficient (Wildman–Crippen LogP) is 4.69. The molecule has 0 bridgehead atoms. The first kappa shape index (κ1) is 17.9. The van der Waals surface area contributed by atoms with E-state index in [1.54, 1.807) is 19.4 Å². The number of carbonyl (C=O) groups is 1. The molecule has 2 amide bonds. The van der Waals surface area contributed by atoms with Gasteiger partial charge in [0.1, 0.15) is 5.76 Å². The Morgan fingerprint density at radius 2 is 2.08 bits per heavy atom. The van der Waals surface area contributed by atoms with E-state index in [4.69, 9.17) is 4.42 Å². The van der Waals surface area contributed by atoms with Gasteiger partial charge in [0.05, 0.1) is 17.8 Å². The summed E-state index contributed by atoms with van der Waals surface area (Å²) in [6, 6.07) is 11.7. The number of aryl methyl sites for hydroxylation is 1. The molecule has 0 aliphatic carbocycles. The van der Waals surface area contributed by atoms with Crippen molar-refractivity contribution in [3.63, 3.8) is 0 Å². The fourth-order valence-corrected chi connectivity index (χ4v) is 2.93. The molecule has 0 fully saturated rings. The molecule has 0 spiro atoms. The number of nitrogens with one attached hydrogen (secondary N) is 1. The van der Waals surface area contributed by atoms with Gasteiger partial charge in [-0.25, -0.2) is 4.79 Å². The number of thioether (sulfide) groups is 1. The number of hydrogen-bond acceptors (Lipinski definition) is 3. The second kappa shape index (κ2) is 8.45. The number of nitrogens with zero attached hydrogens (tertiary/aromatic N) is 1. The van der Waals surface area contributed by atoms with E-state index in [2.05, 4.69) is 43.6 Å². The highest BCUT2D eigenvalue weighted by Gasteiger charge is 2.12. The zero-order chi connectivity index (χ0) is 17.5. The Kier molecular flexibility index (Phi) is 6.32. The fourth-order valence-electron chi connectivity index (χ4n) is 2.21. The highest BCUT2D eigenvalue weighted by molar-refractivity contribution is 8.06. The lowest BCUT2D eigenvalue weighted by Crippen LogP contribution is -2.35. The lowest BCUT2D eigenvalue weighted by atomic mass is 10.1. The van der Waals surface area contributed by atoms with Crippen LogP contribution < -0.4 is 5.32 Å². The van der Waals surface area contributed by atoms with Gasteiger partial charge in [0.25, 0.3) is 0 Å². The third kappa shape index (κ3) is 5.66. The van der Waals surface area contributed by atoms with Crippen LogP contribution in [0.15, 0.2) is 70.2 Å². The maximum Gasteiger partial charge on any atom is 0.322 e. The van der Waals surface area contributed by atoms with Crippen molar-refractivity contribution in [2.45, 2.75) is 19.9 Å². The minimum Gasteiger partial charge on any atom is -0.467 e. The summed E-state index contributed by atoms with van der Waals surface area (Å²) in [5.74, 6) is 0.731. The smallest absolute Gasteiger partial charge is 0.322 e. The van der Waals surface area contributed by atoms with Gasteiger partial charge in [-0.1, -0.05) is 54.7 Å². The van der Waals surface area contributed by atoms with Crippen LogP contribution in [0.2, 0.25) is 0 Å². The summed E-state index contributed by atoms with van der Waals surface area (Å²) in [6.07, 6.45) is 2.33. The number of carbonyl (C=O) groups excluding carboxylic acids is 1. The van der Waals surface area contributed by atoms with Crippen molar-refractivity contribution in [3.05, 3.63) is 82.6 Å². The van der Waals surface area contributed by atoms with Gasteiger partial charge in [-0.2, -0.15) is 0 Å². The molecule has 0 radical (unpaired) electrons.